The van der Waals surface area contributed by atoms with Crippen molar-refractivity contribution >= 4 is 5.91 Å². The summed E-state index contributed by atoms with van der Waals surface area (Å²) in [5, 5.41) is 8.81. The standard InChI is InChI=1S/C17H21NO3/c1-18(15-7-3-4-8-15)17(20)14-9-10-16(21-2)13(12-14)6-5-11-19/h9-10,12,15,19H,3-4,7-8,11H2,1-2H3. The van der Waals surface area contributed by atoms with Crippen LogP contribution in [-0.2, 0) is 0 Å². The monoisotopic (exact) mass is 287 g/mol. The smallest absolute Gasteiger partial charge is 0.253 e. The van der Waals surface area contributed by atoms with Gasteiger partial charge in [-0.15, -0.1) is 0 Å². The van der Waals surface area contributed by atoms with Gasteiger partial charge >= 0.3 is 0 Å². The van der Waals surface area contributed by atoms with E-state index in [1.54, 1.807) is 25.3 Å². The molecule has 0 aromatic heterocycles. The number of benzene rings is 1. The van der Waals surface area contributed by atoms with Gasteiger partial charge in [-0.25, -0.2) is 0 Å². The SMILES string of the molecule is COc1ccc(C(=O)N(C)C2CCCC2)cc1C#CCO. The van der Waals surface area contributed by atoms with Crippen LogP contribution in [0.5, 0.6) is 5.75 Å². The number of aliphatic hydroxyl groups excluding tert-OH is 1. The maximum atomic E-state index is 12.5. The number of carbonyl (C=O) groups excluding carboxylic acids is 1. The maximum absolute atomic E-state index is 12.5. The molecule has 0 radical (unpaired) electrons. The first-order valence-corrected chi connectivity index (χ1v) is 7.22. The number of hydrogen-bond acceptors (Lipinski definition) is 3. The van der Waals surface area contributed by atoms with Crippen molar-refractivity contribution in [3.05, 3.63) is 29.3 Å². The van der Waals surface area contributed by atoms with Gasteiger partial charge in [0.15, 0.2) is 0 Å². The second-order valence-corrected chi connectivity index (χ2v) is 5.23. The third kappa shape index (κ3) is 3.56. The second-order valence-electron chi connectivity index (χ2n) is 5.23. The molecule has 0 aliphatic heterocycles. The van der Waals surface area contributed by atoms with E-state index in [1.807, 2.05) is 11.9 Å². The van der Waals surface area contributed by atoms with Crippen molar-refractivity contribution in [3.63, 3.8) is 0 Å². The van der Waals surface area contributed by atoms with Crippen molar-refractivity contribution in [3.8, 4) is 17.6 Å². The highest BCUT2D eigenvalue weighted by Crippen LogP contribution is 2.25. The molecule has 0 heterocycles. The molecule has 2 rings (SSSR count). The van der Waals surface area contributed by atoms with Crippen LogP contribution in [0.1, 0.15) is 41.6 Å². The Hall–Kier alpha value is -1.99. The molecule has 0 saturated heterocycles. The molecule has 1 aliphatic carbocycles. The van der Waals surface area contributed by atoms with Crippen LogP contribution >= 0.6 is 0 Å². The first-order chi connectivity index (χ1) is 10.2. The highest BCUT2D eigenvalue weighted by Gasteiger charge is 2.24. The largest absolute Gasteiger partial charge is 0.495 e. The van der Waals surface area contributed by atoms with Crippen molar-refractivity contribution in [2.75, 3.05) is 20.8 Å². The molecular weight excluding hydrogens is 266 g/mol. The quantitative estimate of drug-likeness (QED) is 0.866. The minimum absolute atomic E-state index is 0.0107. The van der Waals surface area contributed by atoms with E-state index < -0.39 is 0 Å². The third-order valence-corrected chi connectivity index (χ3v) is 3.94. The van der Waals surface area contributed by atoms with E-state index in [4.69, 9.17) is 9.84 Å². The Morgan fingerprint density at radius 2 is 2.14 bits per heavy atom. The van der Waals surface area contributed by atoms with Gasteiger partial charge in [0, 0.05) is 18.7 Å². The summed E-state index contributed by atoms with van der Waals surface area (Å²) in [6.07, 6.45) is 4.54. The predicted octanol–water partition coefficient (Wildman–Crippen LogP) is 2.05. The number of hydrogen-bond donors (Lipinski definition) is 1. The van der Waals surface area contributed by atoms with E-state index in [9.17, 15) is 4.79 Å². The molecule has 1 amide bonds. The molecule has 0 spiro atoms. The van der Waals surface area contributed by atoms with E-state index in [1.165, 1.54) is 12.8 Å². The van der Waals surface area contributed by atoms with Crippen LogP contribution in [0.25, 0.3) is 0 Å². The summed E-state index contributed by atoms with van der Waals surface area (Å²) in [5.74, 6) is 6.03. The Balaban J connectivity index is 2.24. The molecular formula is C17H21NO3. The molecule has 1 aromatic carbocycles. The molecule has 0 bridgehead atoms. The Morgan fingerprint density at radius 1 is 1.43 bits per heavy atom. The molecule has 1 saturated carbocycles. The Morgan fingerprint density at radius 3 is 2.76 bits per heavy atom. The first kappa shape index (κ1) is 15.4. The van der Waals surface area contributed by atoms with E-state index in [0.29, 0.717) is 22.9 Å². The lowest BCUT2D eigenvalue weighted by Crippen LogP contribution is -2.35. The van der Waals surface area contributed by atoms with Gasteiger partial charge in [-0.3, -0.25) is 4.79 Å². The van der Waals surface area contributed by atoms with Crippen LogP contribution in [0, 0.1) is 11.8 Å². The summed E-state index contributed by atoms with van der Waals surface area (Å²) in [5.41, 5.74) is 1.23. The van der Waals surface area contributed by atoms with Gasteiger partial charge < -0.3 is 14.7 Å². The molecule has 0 atom stereocenters. The molecule has 112 valence electrons. The van der Waals surface area contributed by atoms with Gasteiger partial charge in [0.1, 0.15) is 12.4 Å². The van der Waals surface area contributed by atoms with Crippen LogP contribution in [0.15, 0.2) is 18.2 Å². The zero-order chi connectivity index (χ0) is 15.2. The average molecular weight is 287 g/mol. The normalized spacial score (nSPS) is 14.4. The van der Waals surface area contributed by atoms with Gasteiger partial charge in [-0.05, 0) is 31.0 Å². The summed E-state index contributed by atoms with van der Waals surface area (Å²) >= 11 is 0. The van der Waals surface area contributed by atoms with E-state index in [-0.39, 0.29) is 12.5 Å². The molecule has 1 aliphatic rings. The molecule has 21 heavy (non-hydrogen) atoms. The summed E-state index contributed by atoms with van der Waals surface area (Å²) in [6.45, 7) is -0.219. The van der Waals surface area contributed by atoms with Gasteiger partial charge in [0.2, 0.25) is 0 Å². The lowest BCUT2D eigenvalue weighted by atomic mass is 10.1. The topological polar surface area (TPSA) is 49.8 Å². The molecule has 1 fully saturated rings. The zero-order valence-electron chi connectivity index (χ0n) is 12.6. The van der Waals surface area contributed by atoms with Crippen LogP contribution in [0.2, 0.25) is 0 Å². The summed E-state index contributed by atoms with van der Waals surface area (Å²) in [7, 11) is 3.42. The van der Waals surface area contributed by atoms with Crippen molar-refractivity contribution < 1.29 is 14.6 Å². The predicted molar refractivity (Wildman–Crippen MR) is 81.3 cm³/mol. The van der Waals surface area contributed by atoms with Gasteiger partial charge in [-0.2, -0.15) is 0 Å². The van der Waals surface area contributed by atoms with Gasteiger partial charge in [0.05, 0.1) is 12.7 Å². The van der Waals surface area contributed by atoms with Crippen LogP contribution in [0.3, 0.4) is 0 Å². The number of rotatable bonds is 3. The first-order valence-electron chi connectivity index (χ1n) is 7.22. The van der Waals surface area contributed by atoms with Crippen molar-refractivity contribution in [1.29, 1.82) is 0 Å². The molecule has 4 heteroatoms. The number of carbonyl (C=O) groups is 1. The fraction of sp³-hybridized carbons (Fsp3) is 0.471. The van der Waals surface area contributed by atoms with Gasteiger partial charge in [0.25, 0.3) is 5.91 Å². The maximum Gasteiger partial charge on any atom is 0.253 e. The lowest BCUT2D eigenvalue weighted by molar-refractivity contribution is 0.0735. The lowest BCUT2D eigenvalue weighted by Gasteiger charge is -2.24. The summed E-state index contributed by atoms with van der Waals surface area (Å²) in [4.78, 5) is 14.4. The number of aliphatic hydroxyl groups is 1. The molecule has 1 N–H and O–H groups in total. The zero-order valence-corrected chi connectivity index (χ0v) is 12.6. The van der Waals surface area contributed by atoms with E-state index in [0.717, 1.165) is 12.8 Å². The van der Waals surface area contributed by atoms with E-state index in [2.05, 4.69) is 11.8 Å². The van der Waals surface area contributed by atoms with Crippen molar-refractivity contribution in [2.45, 2.75) is 31.7 Å². The third-order valence-electron chi connectivity index (χ3n) is 3.94. The highest BCUT2D eigenvalue weighted by atomic mass is 16.5. The van der Waals surface area contributed by atoms with E-state index >= 15 is 0 Å². The molecule has 1 aromatic rings. The van der Waals surface area contributed by atoms with Gasteiger partial charge in [-0.1, -0.05) is 24.7 Å². The Kier molecular flexibility index (Phi) is 5.24. The minimum Gasteiger partial charge on any atom is -0.495 e. The average Bonchev–Trinajstić information content (AvgIpc) is 3.05. The van der Waals surface area contributed by atoms with Crippen LogP contribution in [0.4, 0.5) is 0 Å². The minimum atomic E-state index is -0.219. The number of amides is 1. The number of nitrogens with zero attached hydrogens (tertiary/aromatic N) is 1. The number of methoxy groups -OCH3 is 1. The number of ether oxygens (including phenoxy) is 1. The second kappa shape index (κ2) is 7.14. The van der Waals surface area contributed by atoms with Crippen molar-refractivity contribution in [2.24, 2.45) is 0 Å². The van der Waals surface area contributed by atoms with Crippen LogP contribution in [-0.4, -0.2) is 42.7 Å². The summed E-state index contributed by atoms with van der Waals surface area (Å²) in [6, 6.07) is 5.58. The fourth-order valence-corrected chi connectivity index (χ4v) is 2.73. The Labute approximate surface area is 125 Å². The Bertz CT molecular complexity index is 565. The fourth-order valence-electron chi connectivity index (χ4n) is 2.73. The van der Waals surface area contributed by atoms with Crippen molar-refractivity contribution in [1.82, 2.24) is 4.90 Å². The summed E-state index contributed by atoms with van der Waals surface area (Å²) < 4.78 is 5.23. The molecule has 0 unspecified atom stereocenters. The highest BCUT2D eigenvalue weighted by molar-refractivity contribution is 5.95. The molecule has 4 nitrogen and oxygen atoms in total. The van der Waals surface area contributed by atoms with Crippen LogP contribution < -0.4 is 4.74 Å².